The second-order valence-electron chi connectivity index (χ2n) is 5.99. The van der Waals surface area contributed by atoms with Gasteiger partial charge in [-0.05, 0) is 54.0 Å². The third kappa shape index (κ3) is 3.05. The number of hydrogen-bond donors (Lipinski definition) is 0. The molecule has 0 spiro atoms. The lowest BCUT2D eigenvalue weighted by Crippen LogP contribution is -2.23. The Morgan fingerprint density at radius 1 is 1.12 bits per heavy atom. The minimum atomic E-state index is -0.360. The maximum atomic E-state index is 14.5. The van der Waals surface area contributed by atoms with Crippen molar-refractivity contribution in [1.82, 2.24) is 19.8 Å². The maximum absolute atomic E-state index is 14.5. The standard InChI is InChI=1S/C18H19FN4O2/c1-11-9-12(2)17(16(19)13(11)3)25-10-14-7-5-6-8-15(14)23-18(24)22(4)20-21-23/h5-9H,10H2,1-4H3. The summed E-state index contributed by atoms with van der Waals surface area (Å²) in [5.41, 5.74) is 3.09. The van der Waals surface area contributed by atoms with E-state index in [2.05, 4.69) is 10.4 Å². The summed E-state index contributed by atoms with van der Waals surface area (Å²) >= 11 is 0. The molecule has 6 nitrogen and oxygen atoms in total. The fraction of sp³-hybridized carbons (Fsp3) is 0.278. The van der Waals surface area contributed by atoms with Crippen molar-refractivity contribution < 1.29 is 9.13 Å². The summed E-state index contributed by atoms with van der Waals surface area (Å²) in [6, 6.07) is 9.07. The number of rotatable bonds is 4. The van der Waals surface area contributed by atoms with Gasteiger partial charge in [-0.1, -0.05) is 24.3 Å². The lowest BCUT2D eigenvalue weighted by Gasteiger charge is -2.15. The van der Waals surface area contributed by atoms with Crippen LogP contribution in [0.4, 0.5) is 4.39 Å². The number of para-hydroxylation sites is 1. The van der Waals surface area contributed by atoms with Crippen LogP contribution < -0.4 is 10.4 Å². The zero-order valence-electron chi connectivity index (χ0n) is 14.6. The number of halogens is 1. The molecule has 2 aromatic carbocycles. The van der Waals surface area contributed by atoms with E-state index in [-0.39, 0.29) is 23.9 Å². The Morgan fingerprint density at radius 2 is 1.84 bits per heavy atom. The van der Waals surface area contributed by atoms with Gasteiger partial charge < -0.3 is 4.74 Å². The Morgan fingerprint density at radius 3 is 2.52 bits per heavy atom. The Kier molecular flexibility index (Phi) is 4.39. The van der Waals surface area contributed by atoms with Gasteiger partial charge in [0.2, 0.25) is 0 Å². The number of hydrogen-bond acceptors (Lipinski definition) is 4. The van der Waals surface area contributed by atoms with Crippen LogP contribution in [0.2, 0.25) is 0 Å². The molecular weight excluding hydrogens is 323 g/mol. The highest BCUT2D eigenvalue weighted by atomic mass is 19.1. The first kappa shape index (κ1) is 16.9. The molecule has 25 heavy (non-hydrogen) atoms. The number of aryl methyl sites for hydroxylation is 3. The summed E-state index contributed by atoms with van der Waals surface area (Å²) in [4.78, 5) is 12.1. The molecular formula is C18H19FN4O2. The Labute approximate surface area is 144 Å². The molecule has 1 aromatic heterocycles. The molecule has 0 saturated heterocycles. The minimum Gasteiger partial charge on any atom is -0.485 e. The number of nitrogens with zero attached hydrogens (tertiary/aromatic N) is 4. The number of ether oxygens (including phenoxy) is 1. The van der Waals surface area contributed by atoms with E-state index in [0.717, 1.165) is 15.8 Å². The van der Waals surface area contributed by atoms with Crippen LogP contribution in [-0.4, -0.2) is 19.8 Å². The second-order valence-corrected chi connectivity index (χ2v) is 5.99. The maximum Gasteiger partial charge on any atom is 0.368 e. The fourth-order valence-corrected chi connectivity index (χ4v) is 2.65. The van der Waals surface area contributed by atoms with Gasteiger partial charge >= 0.3 is 5.69 Å². The molecule has 0 saturated carbocycles. The highest BCUT2D eigenvalue weighted by Gasteiger charge is 2.15. The van der Waals surface area contributed by atoms with Crippen LogP contribution in [0.5, 0.6) is 5.75 Å². The van der Waals surface area contributed by atoms with Crippen molar-refractivity contribution in [3.05, 3.63) is 68.9 Å². The Balaban J connectivity index is 1.95. The molecule has 3 aromatic rings. The molecule has 0 amide bonds. The first-order chi connectivity index (χ1) is 11.9. The smallest absolute Gasteiger partial charge is 0.368 e. The molecule has 0 bridgehead atoms. The van der Waals surface area contributed by atoms with Crippen LogP contribution in [0.25, 0.3) is 5.69 Å². The summed E-state index contributed by atoms with van der Waals surface area (Å²) < 4.78 is 22.6. The molecule has 1 heterocycles. The van der Waals surface area contributed by atoms with Crippen molar-refractivity contribution in [2.75, 3.05) is 0 Å². The van der Waals surface area contributed by atoms with E-state index in [0.29, 0.717) is 16.8 Å². The van der Waals surface area contributed by atoms with Gasteiger partial charge in [-0.15, -0.1) is 0 Å². The molecule has 0 radical (unpaired) electrons. The SMILES string of the molecule is Cc1cc(C)c(OCc2ccccc2-n2nnn(C)c2=O)c(F)c1C. The van der Waals surface area contributed by atoms with Crippen LogP contribution in [0.1, 0.15) is 22.3 Å². The third-order valence-electron chi connectivity index (χ3n) is 4.22. The predicted octanol–water partition coefficient (Wildman–Crippen LogP) is 2.61. The summed E-state index contributed by atoms with van der Waals surface area (Å²) in [6.07, 6.45) is 0. The molecule has 0 fully saturated rings. The van der Waals surface area contributed by atoms with E-state index in [1.165, 1.54) is 11.7 Å². The van der Waals surface area contributed by atoms with Crippen LogP contribution in [0, 0.1) is 26.6 Å². The van der Waals surface area contributed by atoms with E-state index >= 15 is 0 Å². The van der Waals surface area contributed by atoms with Gasteiger partial charge in [0, 0.05) is 12.6 Å². The van der Waals surface area contributed by atoms with E-state index in [9.17, 15) is 9.18 Å². The molecule has 0 atom stereocenters. The van der Waals surface area contributed by atoms with Crippen LogP contribution >= 0.6 is 0 Å². The van der Waals surface area contributed by atoms with Gasteiger partial charge in [0.25, 0.3) is 0 Å². The highest BCUT2D eigenvalue weighted by molar-refractivity contribution is 5.44. The molecule has 0 unspecified atom stereocenters. The zero-order valence-corrected chi connectivity index (χ0v) is 14.6. The topological polar surface area (TPSA) is 61.9 Å². The second kappa shape index (κ2) is 6.51. The molecule has 0 aliphatic carbocycles. The van der Waals surface area contributed by atoms with Gasteiger partial charge in [0.15, 0.2) is 11.6 Å². The summed E-state index contributed by atoms with van der Waals surface area (Å²) in [7, 11) is 1.53. The lowest BCUT2D eigenvalue weighted by atomic mass is 10.1. The molecule has 0 N–H and O–H groups in total. The molecule has 0 aliphatic rings. The minimum absolute atomic E-state index is 0.111. The van der Waals surface area contributed by atoms with E-state index in [4.69, 9.17) is 4.74 Å². The van der Waals surface area contributed by atoms with E-state index in [1.807, 2.05) is 32.0 Å². The molecule has 130 valence electrons. The molecule has 0 aliphatic heterocycles. The van der Waals surface area contributed by atoms with Crippen molar-refractivity contribution in [3.63, 3.8) is 0 Å². The van der Waals surface area contributed by atoms with Gasteiger partial charge in [0.05, 0.1) is 5.69 Å². The normalized spacial score (nSPS) is 10.9. The first-order valence-corrected chi connectivity index (χ1v) is 7.86. The average Bonchev–Trinajstić information content (AvgIpc) is 2.92. The van der Waals surface area contributed by atoms with Crippen LogP contribution in [0.3, 0.4) is 0 Å². The summed E-state index contributed by atoms with van der Waals surface area (Å²) in [6.45, 7) is 5.51. The first-order valence-electron chi connectivity index (χ1n) is 7.86. The number of benzene rings is 2. The van der Waals surface area contributed by atoms with E-state index in [1.54, 1.807) is 19.1 Å². The number of aromatic nitrogens is 4. The monoisotopic (exact) mass is 342 g/mol. The Bertz CT molecular complexity index is 991. The zero-order chi connectivity index (χ0) is 18.1. The van der Waals surface area contributed by atoms with Crippen molar-refractivity contribution in [2.24, 2.45) is 7.05 Å². The van der Waals surface area contributed by atoms with Gasteiger partial charge in [-0.25, -0.2) is 9.18 Å². The fourth-order valence-electron chi connectivity index (χ4n) is 2.65. The molecule has 3 rings (SSSR count). The highest BCUT2D eigenvalue weighted by Crippen LogP contribution is 2.28. The van der Waals surface area contributed by atoms with Crippen molar-refractivity contribution >= 4 is 0 Å². The summed E-state index contributed by atoms with van der Waals surface area (Å²) in [5.74, 6) is -0.129. The predicted molar refractivity (Wildman–Crippen MR) is 91.5 cm³/mol. The Hall–Kier alpha value is -2.96. The number of tetrazole rings is 1. The van der Waals surface area contributed by atoms with Crippen LogP contribution in [-0.2, 0) is 13.7 Å². The third-order valence-corrected chi connectivity index (χ3v) is 4.22. The van der Waals surface area contributed by atoms with Gasteiger partial charge in [0.1, 0.15) is 6.61 Å². The van der Waals surface area contributed by atoms with Crippen molar-refractivity contribution in [1.29, 1.82) is 0 Å². The van der Waals surface area contributed by atoms with Crippen molar-refractivity contribution in [2.45, 2.75) is 27.4 Å². The quantitative estimate of drug-likeness (QED) is 0.731. The summed E-state index contributed by atoms with van der Waals surface area (Å²) in [5, 5.41) is 7.57. The van der Waals surface area contributed by atoms with Crippen LogP contribution in [0.15, 0.2) is 35.1 Å². The lowest BCUT2D eigenvalue weighted by molar-refractivity contribution is 0.286. The van der Waals surface area contributed by atoms with Gasteiger partial charge in [-0.3, -0.25) is 0 Å². The largest absolute Gasteiger partial charge is 0.485 e. The average molecular weight is 342 g/mol. The van der Waals surface area contributed by atoms with Crippen molar-refractivity contribution in [3.8, 4) is 11.4 Å². The molecule has 7 heteroatoms. The van der Waals surface area contributed by atoms with Gasteiger partial charge in [-0.2, -0.15) is 9.36 Å². The van der Waals surface area contributed by atoms with E-state index < -0.39 is 0 Å².